The summed E-state index contributed by atoms with van der Waals surface area (Å²) in [7, 11) is -1.42. The van der Waals surface area contributed by atoms with Crippen molar-refractivity contribution in [2.24, 2.45) is 0 Å². The van der Waals surface area contributed by atoms with Crippen LogP contribution in [-0.4, -0.2) is 66.0 Å². The maximum atomic E-state index is 12.6. The van der Waals surface area contributed by atoms with Gasteiger partial charge in [0, 0.05) is 44.3 Å². The highest BCUT2D eigenvalue weighted by molar-refractivity contribution is 7.89. The second kappa shape index (κ2) is 6.43. The van der Waals surface area contributed by atoms with Gasteiger partial charge in [0.1, 0.15) is 4.90 Å². The minimum Gasteiger partial charge on any atom is -0.301 e. The largest absolute Gasteiger partial charge is 0.301 e. The summed E-state index contributed by atoms with van der Waals surface area (Å²) in [6.45, 7) is 4.46. The minimum atomic E-state index is -3.43. The molecule has 20 heavy (non-hydrogen) atoms. The number of aryl methyl sites for hydroxylation is 1. The number of sulfonamides is 1. The van der Waals surface area contributed by atoms with Crippen molar-refractivity contribution in [1.29, 1.82) is 0 Å². The van der Waals surface area contributed by atoms with Gasteiger partial charge in [-0.25, -0.2) is 8.42 Å². The van der Waals surface area contributed by atoms with Crippen molar-refractivity contribution in [3.63, 3.8) is 0 Å². The number of nitrogens with zero attached hydrogens (tertiary/aromatic N) is 4. The first kappa shape index (κ1) is 15.8. The van der Waals surface area contributed by atoms with Crippen LogP contribution >= 0.6 is 11.6 Å². The van der Waals surface area contributed by atoms with Crippen molar-refractivity contribution >= 4 is 21.6 Å². The SMILES string of the molecule is CC1CN(S(=O)(=O)c2cnn(CCCCl)c2)CCN1C. The molecule has 1 fully saturated rings. The highest BCUT2D eigenvalue weighted by Gasteiger charge is 2.31. The maximum absolute atomic E-state index is 12.6. The average molecular weight is 321 g/mol. The number of alkyl halides is 1. The number of piperazine rings is 1. The van der Waals surface area contributed by atoms with Crippen molar-refractivity contribution in [2.75, 3.05) is 32.6 Å². The zero-order valence-electron chi connectivity index (χ0n) is 11.9. The highest BCUT2D eigenvalue weighted by atomic mass is 35.5. The fourth-order valence-corrected chi connectivity index (χ4v) is 3.79. The molecule has 1 aromatic heterocycles. The Kier molecular flexibility index (Phi) is 5.06. The van der Waals surface area contributed by atoms with Crippen molar-refractivity contribution < 1.29 is 8.42 Å². The minimum absolute atomic E-state index is 0.227. The third-order valence-electron chi connectivity index (χ3n) is 3.69. The summed E-state index contributed by atoms with van der Waals surface area (Å²) in [5, 5.41) is 4.09. The third kappa shape index (κ3) is 3.33. The van der Waals surface area contributed by atoms with Crippen molar-refractivity contribution in [3.05, 3.63) is 12.4 Å². The van der Waals surface area contributed by atoms with E-state index in [1.165, 1.54) is 6.20 Å². The first-order valence-electron chi connectivity index (χ1n) is 6.74. The van der Waals surface area contributed by atoms with Gasteiger partial charge in [-0.3, -0.25) is 4.68 Å². The van der Waals surface area contributed by atoms with Gasteiger partial charge in [0.25, 0.3) is 0 Å². The molecule has 0 spiro atoms. The Hall–Kier alpha value is -0.630. The van der Waals surface area contributed by atoms with Crippen LogP contribution in [0.3, 0.4) is 0 Å². The topological polar surface area (TPSA) is 58.4 Å². The summed E-state index contributed by atoms with van der Waals surface area (Å²) >= 11 is 5.63. The van der Waals surface area contributed by atoms with Gasteiger partial charge in [-0.2, -0.15) is 9.40 Å². The fourth-order valence-electron chi connectivity index (χ4n) is 2.20. The van der Waals surface area contributed by atoms with E-state index >= 15 is 0 Å². The molecule has 0 bridgehead atoms. The predicted octanol–water partition coefficient (Wildman–Crippen LogP) is 0.837. The smallest absolute Gasteiger partial charge is 0.246 e. The molecule has 1 saturated heterocycles. The number of likely N-dealkylation sites (N-methyl/N-ethyl adjacent to an activating group) is 1. The van der Waals surface area contributed by atoms with Crippen LogP contribution in [0.2, 0.25) is 0 Å². The van der Waals surface area contributed by atoms with E-state index in [9.17, 15) is 8.42 Å². The number of hydrogen-bond donors (Lipinski definition) is 0. The van der Waals surface area contributed by atoms with Crippen LogP contribution in [0.4, 0.5) is 0 Å². The van der Waals surface area contributed by atoms with E-state index in [1.807, 2.05) is 14.0 Å². The Balaban J connectivity index is 2.12. The van der Waals surface area contributed by atoms with Crippen molar-refractivity contribution in [1.82, 2.24) is 19.0 Å². The molecule has 1 aliphatic heterocycles. The molecule has 0 aliphatic carbocycles. The Morgan fingerprint density at radius 1 is 1.45 bits per heavy atom. The average Bonchev–Trinajstić information content (AvgIpc) is 2.89. The number of rotatable bonds is 5. The summed E-state index contributed by atoms with van der Waals surface area (Å²) in [4.78, 5) is 2.43. The molecule has 2 heterocycles. The van der Waals surface area contributed by atoms with Crippen molar-refractivity contribution in [2.45, 2.75) is 30.8 Å². The molecule has 6 nitrogen and oxygen atoms in total. The lowest BCUT2D eigenvalue weighted by Crippen LogP contribution is -2.51. The highest BCUT2D eigenvalue weighted by Crippen LogP contribution is 2.18. The Labute approximate surface area is 125 Å². The number of hydrogen-bond acceptors (Lipinski definition) is 4. The second-order valence-corrected chi connectivity index (χ2v) is 7.49. The zero-order chi connectivity index (χ0) is 14.8. The van der Waals surface area contributed by atoms with E-state index in [2.05, 4.69) is 10.00 Å². The molecule has 8 heteroatoms. The monoisotopic (exact) mass is 320 g/mol. The Morgan fingerprint density at radius 2 is 2.20 bits per heavy atom. The lowest BCUT2D eigenvalue weighted by atomic mass is 10.2. The van der Waals surface area contributed by atoms with Gasteiger partial charge in [0.2, 0.25) is 10.0 Å². The van der Waals surface area contributed by atoms with E-state index < -0.39 is 10.0 Å². The molecule has 2 rings (SSSR count). The van der Waals surface area contributed by atoms with Crippen LogP contribution < -0.4 is 0 Å². The van der Waals surface area contributed by atoms with Crippen LogP contribution in [0.15, 0.2) is 17.3 Å². The lowest BCUT2D eigenvalue weighted by Gasteiger charge is -2.36. The van der Waals surface area contributed by atoms with E-state index in [1.54, 1.807) is 15.2 Å². The molecule has 1 aromatic rings. The normalized spacial score (nSPS) is 22.2. The maximum Gasteiger partial charge on any atom is 0.246 e. The van der Waals surface area contributed by atoms with E-state index in [-0.39, 0.29) is 10.9 Å². The molecule has 0 radical (unpaired) electrons. The predicted molar refractivity (Wildman–Crippen MR) is 78.4 cm³/mol. The van der Waals surface area contributed by atoms with Gasteiger partial charge in [0.05, 0.1) is 6.20 Å². The number of halogens is 1. The van der Waals surface area contributed by atoms with Gasteiger partial charge < -0.3 is 4.90 Å². The first-order valence-corrected chi connectivity index (χ1v) is 8.71. The van der Waals surface area contributed by atoms with E-state index in [0.717, 1.165) is 13.0 Å². The molecule has 1 atom stereocenters. The summed E-state index contributed by atoms with van der Waals surface area (Å²) in [6.07, 6.45) is 3.78. The van der Waals surface area contributed by atoms with Gasteiger partial charge in [0.15, 0.2) is 0 Å². The summed E-state index contributed by atoms with van der Waals surface area (Å²) in [5.41, 5.74) is 0. The Morgan fingerprint density at radius 3 is 2.85 bits per heavy atom. The first-order chi connectivity index (χ1) is 9.45. The molecule has 0 amide bonds. The summed E-state index contributed by atoms with van der Waals surface area (Å²) in [6, 6.07) is 0.227. The molecule has 114 valence electrons. The number of aromatic nitrogens is 2. The lowest BCUT2D eigenvalue weighted by molar-refractivity contribution is 0.159. The fraction of sp³-hybridized carbons (Fsp3) is 0.750. The molecule has 0 aromatic carbocycles. The molecular weight excluding hydrogens is 300 g/mol. The van der Waals surface area contributed by atoms with Gasteiger partial charge in [-0.1, -0.05) is 0 Å². The Bertz CT molecular complexity index is 545. The third-order valence-corrected chi connectivity index (χ3v) is 5.78. The van der Waals surface area contributed by atoms with Gasteiger partial charge in [-0.05, 0) is 20.4 Å². The van der Waals surface area contributed by atoms with Crippen molar-refractivity contribution in [3.8, 4) is 0 Å². The molecule has 1 aliphatic rings. The van der Waals surface area contributed by atoms with Crippen LogP contribution in [0.5, 0.6) is 0 Å². The molecule has 0 N–H and O–H groups in total. The van der Waals surface area contributed by atoms with Gasteiger partial charge >= 0.3 is 0 Å². The van der Waals surface area contributed by atoms with Crippen LogP contribution in [0.1, 0.15) is 13.3 Å². The molecule has 0 saturated carbocycles. The molecule has 1 unspecified atom stereocenters. The molecular formula is C12H21ClN4O2S. The van der Waals surface area contributed by atoms with E-state index in [4.69, 9.17) is 11.6 Å². The standard InChI is InChI=1S/C12H21ClN4O2S/c1-11-9-17(7-6-15(11)2)20(18,19)12-8-14-16(10-12)5-3-4-13/h8,10-11H,3-7,9H2,1-2H3. The zero-order valence-corrected chi connectivity index (χ0v) is 13.4. The van der Waals surface area contributed by atoms with E-state index in [0.29, 0.717) is 25.5 Å². The van der Waals surface area contributed by atoms with Crippen LogP contribution in [-0.2, 0) is 16.6 Å². The summed E-state index contributed by atoms with van der Waals surface area (Å²) < 4.78 is 28.3. The quantitative estimate of drug-likeness (QED) is 0.754. The van der Waals surface area contributed by atoms with Crippen LogP contribution in [0.25, 0.3) is 0 Å². The van der Waals surface area contributed by atoms with Crippen LogP contribution in [0, 0.1) is 0 Å². The summed E-state index contributed by atoms with van der Waals surface area (Å²) in [5.74, 6) is 0.540. The second-order valence-electron chi connectivity index (χ2n) is 5.17. The van der Waals surface area contributed by atoms with Gasteiger partial charge in [-0.15, -0.1) is 11.6 Å².